The SMILES string of the molecule is CCOC(=O)CCN(C)C(=O)CCCc1ccc(Br)s1. The molecule has 1 amide bonds. The molecule has 0 aliphatic carbocycles. The van der Waals surface area contributed by atoms with Gasteiger partial charge in [-0.15, -0.1) is 11.3 Å². The zero-order valence-electron chi connectivity index (χ0n) is 11.9. The van der Waals surface area contributed by atoms with Gasteiger partial charge in [-0.25, -0.2) is 0 Å². The average Bonchev–Trinajstić information content (AvgIpc) is 2.82. The molecule has 112 valence electrons. The second-order valence-corrected chi connectivity index (χ2v) is 6.98. The maximum Gasteiger partial charge on any atom is 0.307 e. The van der Waals surface area contributed by atoms with Gasteiger partial charge in [-0.1, -0.05) is 0 Å². The van der Waals surface area contributed by atoms with Gasteiger partial charge in [-0.05, 0) is 47.8 Å². The van der Waals surface area contributed by atoms with Crippen LogP contribution >= 0.6 is 27.3 Å². The molecule has 0 saturated heterocycles. The standard InChI is InChI=1S/C14H20BrNO3S/c1-3-19-14(18)9-10-16(2)13(17)6-4-5-11-7-8-12(15)20-11/h7-8H,3-6,9-10H2,1-2H3. The van der Waals surface area contributed by atoms with Crippen molar-refractivity contribution in [3.8, 4) is 0 Å². The van der Waals surface area contributed by atoms with Crippen molar-refractivity contribution in [3.63, 3.8) is 0 Å². The van der Waals surface area contributed by atoms with E-state index in [1.165, 1.54) is 4.88 Å². The molecule has 1 aromatic rings. The van der Waals surface area contributed by atoms with Crippen molar-refractivity contribution in [1.82, 2.24) is 4.90 Å². The Morgan fingerprint density at radius 2 is 2.10 bits per heavy atom. The summed E-state index contributed by atoms with van der Waals surface area (Å²) in [6, 6.07) is 4.09. The first-order chi connectivity index (χ1) is 9.52. The van der Waals surface area contributed by atoms with Crippen LogP contribution in [-0.2, 0) is 20.7 Å². The van der Waals surface area contributed by atoms with Gasteiger partial charge < -0.3 is 9.64 Å². The van der Waals surface area contributed by atoms with Crippen LogP contribution in [0.4, 0.5) is 0 Å². The zero-order chi connectivity index (χ0) is 15.0. The van der Waals surface area contributed by atoms with Crippen molar-refractivity contribution in [2.45, 2.75) is 32.6 Å². The molecule has 6 heteroatoms. The summed E-state index contributed by atoms with van der Waals surface area (Å²) in [4.78, 5) is 26.0. The van der Waals surface area contributed by atoms with Crippen LogP contribution in [0.5, 0.6) is 0 Å². The van der Waals surface area contributed by atoms with Gasteiger partial charge >= 0.3 is 5.97 Å². The van der Waals surface area contributed by atoms with Gasteiger partial charge in [0.2, 0.25) is 5.91 Å². The first-order valence-electron chi connectivity index (χ1n) is 6.66. The van der Waals surface area contributed by atoms with Gasteiger partial charge in [-0.3, -0.25) is 9.59 Å². The molecular formula is C14H20BrNO3S. The van der Waals surface area contributed by atoms with Gasteiger partial charge in [0.1, 0.15) is 0 Å². The Morgan fingerprint density at radius 1 is 1.35 bits per heavy atom. The minimum absolute atomic E-state index is 0.0740. The molecule has 20 heavy (non-hydrogen) atoms. The maximum absolute atomic E-state index is 11.9. The fourth-order valence-electron chi connectivity index (χ4n) is 1.71. The van der Waals surface area contributed by atoms with E-state index in [2.05, 4.69) is 22.0 Å². The number of hydrogen-bond acceptors (Lipinski definition) is 4. The zero-order valence-corrected chi connectivity index (χ0v) is 14.3. The molecule has 1 heterocycles. The van der Waals surface area contributed by atoms with Crippen LogP contribution < -0.4 is 0 Å². The number of hydrogen-bond donors (Lipinski definition) is 0. The Morgan fingerprint density at radius 3 is 2.70 bits per heavy atom. The highest BCUT2D eigenvalue weighted by atomic mass is 79.9. The van der Waals surface area contributed by atoms with E-state index in [4.69, 9.17) is 4.74 Å². The predicted octanol–water partition coefficient (Wildman–Crippen LogP) is 3.24. The Hall–Kier alpha value is -0.880. The van der Waals surface area contributed by atoms with E-state index >= 15 is 0 Å². The smallest absolute Gasteiger partial charge is 0.307 e. The lowest BCUT2D eigenvalue weighted by Crippen LogP contribution is -2.29. The Kier molecular flexibility index (Phi) is 7.84. The number of rotatable bonds is 8. The normalized spacial score (nSPS) is 10.3. The topological polar surface area (TPSA) is 46.6 Å². The van der Waals surface area contributed by atoms with E-state index in [1.807, 2.05) is 6.07 Å². The minimum atomic E-state index is -0.254. The second kappa shape index (κ2) is 9.13. The lowest BCUT2D eigenvalue weighted by atomic mass is 10.2. The van der Waals surface area contributed by atoms with Crippen LogP contribution in [0.15, 0.2) is 15.9 Å². The number of aryl methyl sites for hydroxylation is 1. The fraction of sp³-hybridized carbons (Fsp3) is 0.571. The van der Waals surface area contributed by atoms with E-state index in [9.17, 15) is 9.59 Å². The van der Waals surface area contributed by atoms with Gasteiger partial charge in [0.15, 0.2) is 0 Å². The largest absolute Gasteiger partial charge is 0.466 e. The fourth-order valence-corrected chi connectivity index (χ4v) is 3.23. The summed E-state index contributed by atoms with van der Waals surface area (Å²) in [7, 11) is 1.73. The summed E-state index contributed by atoms with van der Waals surface area (Å²) in [6.07, 6.45) is 2.51. The van der Waals surface area contributed by atoms with Crippen LogP contribution in [0.2, 0.25) is 0 Å². The molecule has 0 spiro atoms. The maximum atomic E-state index is 11.9. The molecule has 0 fully saturated rings. The highest BCUT2D eigenvalue weighted by Crippen LogP contribution is 2.23. The van der Waals surface area contributed by atoms with Crippen LogP contribution in [0.25, 0.3) is 0 Å². The molecule has 0 aliphatic rings. The summed E-state index contributed by atoms with van der Waals surface area (Å²) in [6.45, 7) is 2.57. The van der Waals surface area contributed by atoms with E-state index in [0.717, 1.165) is 16.6 Å². The molecule has 1 aromatic heterocycles. The van der Waals surface area contributed by atoms with E-state index in [0.29, 0.717) is 19.6 Å². The molecular weight excluding hydrogens is 342 g/mol. The highest BCUT2D eigenvalue weighted by Gasteiger charge is 2.11. The lowest BCUT2D eigenvalue weighted by molar-refractivity contribution is -0.143. The minimum Gasteiger partial charge on any atom is -0.466 e. The first kappa shape index (κ1) is 17.2. The van der Waals surface area contributed by atoms with Gasteiger partial charge in [0.05, 0.1) is 16.8 Å². The monoisotopic (exact) mass is 361 g/mol. The Labute approximate surface area is 132 Å². The van der Waals surface area contributed by atoms with E-state index in [1.54, 1.807) is 30.2 Å². The molecule has 0 bridgehead atoms. The summed E-state index contributed by atoms with van der Waals surface area (Å²) >= 11 is 5.12. The number of ether oxygens (including phenoxy) is 1. The molecule has 0 N–H and O–H groups in total. The molecule has 0 saturated carbocycles. The van der Waals surface area contributed by atoms with Gasteiger partial charge in [0.25, 0.3) is 0 Å². The molecule has 4 nitrogen and oxygen atoms in total. The third-order valence-corrected chi connectivity index (χ3v) is 4.51. The predicted molar refractivity (Wildman–Crippen MR) is 83.8 cm³/mol. The molecule has 0 unspecified atom stereocenters. The molecule has 1 rings (SSSR count). The Bertz CT molecular complexity index is 447. The number of nitrogens with zero attached hydrogens (tertiary/aromatic N) is 1. The number of carbonyl (C=O) groups is 2. The molecule has 0 aromatic carbocycles. The molecule has 0 atom stereocenters. The third-order valence-electron chi connectivity index (χ3n) is 2.83. The first-order valence-corrected chi connectivity index (χ1v) is 8.27. The van der Waals surface area contributed by atoms with Crippen molar-refractivity contribution < 1.29 is 14.3 Å². The van der Waals surface area contributed by atoms with Crippen molar-refractivity contribution in [1.29, 1.82) is 0 Å². The van der Waals surface area contributed by atoms with E-state index < -0.39 is 0 Å². The van der Waals surface area contributed by atoms with Crippen LogP contribution in [0.1, 0.15) is 31.1 Å². The number of carbonyl (C=O) groups excluding carboxylic acids is 2. The summed E-state index contributed by atoms with van der Waals surface area (Å²) in [5, 5.41) is 0. The quantitative estimate of drug-likeness (QED) is 0.667. The second-order valence-electron chi connectivity index (χ2n) is 4.43. The average molecular weight is 362 g/mol. The van der Waals surface area contributed by atoms with E-state index in [-0.39, 0.29) is 18.3 Å². The van der Waals surface area contributed by atoms with Crippen molar-refractivity contribution in [2.75, 3.05) is 20.2 Å². The summed E-state index contributed by atoms with van der Waals surface area (Å²) in [5.41, 5.74) is 0. The van der Waals surface area contributed by atoms with Crippen molar-refractivity contribution in [3.05, 3.63) is 20.8 Å². The summed E-state index contributed by atoms with van der Waals surface area (Å²) < 4.78 is 5.95. The van der Waals surface area contributed by atoms with Gasteiger partial charge in [-0.2, -0.15) is 0 Å². The number of amides is 1. The molecule has 0 radical (unpaired) electrons. The number of thiophene rings is 1. The lowest BCUT2D eigenvalue weighted by Gasteiger charge is -2.16. The third kappa shape index (κ3) is 6.52. The Balaban J connectivity index is 2.19. The number of halogens is 1. The highest BCUT2D eigenvalue weighted by molar-refractivity contribution is 9.11. The van der Waals surface area contributed by atoms with Crippen LogP contribution in [0, 0.1) is 0 Å². The van der Waals surface area contributed by atoms with Crippen molar-refractivity contribution >= 4 is 39.1 Å². The van der Waals surface area contributed by atoms with Crippen molar-refractivity contribution in [2.24, 2.45) is 0 Å². The summed E-state index contributed by atoms with van der Waals surface area (Å²) in [5.74, 6) is -0.180. The number of esters is 1. The molecule has 0 aliphatic heterocycles. The van der Waals surface area contributed by atoms with Crippen LogP contribution in [0.3, 0.4) is 0 Å². The van der Waals surface area contributed by atoms with Gasteiger partial charge in [0, 0.05) is 24.9 Å². The van der Waals surface area contributed by atoms with Crippen LogP contribution in [-0.4, -0.2) is 37.0 Å².